The number of hydrogen-bond acceptors (Lipinski definition) is 3. The highest BCUT2D eigenvalue weighted by Gasteiger charge is 2.48. The van der Waals surface area contributed by atoms with E-state index in [4.69, 9.17) is 11.6 Å². The summed E-state index contributed by atoms with van der Waals surface area (Å²) in [6, 6.07) is 6.55. The molecule has 0 bridgehead atoms. The fraction of sp³-hybridized carbons (Fsp3) is 0.471. The first-order valence-corrected chi connectivity index (χ1v) is 8.24. The molecule has 7 heteroatoms. The van der Waals surface area contributed by atoms with Gasteiger partial charge in [-0.2, -0.15) is 0 Å². The molecule has 1 aliphatic heterocycles. The zero-order valence-electron chi connectivity index (χ0n) is 14.1. The molecule has 0 spiro atoms. The van der Waals surface area contributed by atoms with Gasteiger partial charge in [0.15, 0.2) is 0 Å². The Hall–Kier alpha value is -2.08. The first kappa shape index (κ1) is 18.3. The molecule has 2 rings (SSSR count). The molecule has 1 atom stereocenters. The zero-order chi connectivity index (χ0) is 17.9. The van der Waals surface area contributed by atoms with Gasteiger partial charge in [0.25, 0.3) is 5.91 Å². The smallest absolute Gasteiger partial charge is 0.325 e. The molecule has 1 aromatic carbocycles. The Morgan fingerprint density at radius 2 is 1.92 bits per heavy atom. The minimum atomic E-state index is -0.943. The second-order valence-electron chi connectivity index (χ2n) is 6.65. The van der Waals surface area contributed by atoms with Crippen LogP contribution < -0.4 is 10.6 Å². The summed E-state index contributed by atoms with van der Waals surface area (Å²) in [6.45, 7) is 5.67. The number of benzene rings is 1. The number of imide groups is 1. The minimum Gasteiger partial charge on any atom is -0.350 e. The van der Waals surface area contributed by atoms with Crippen LogP contribution in [-0.4, -0.2) is 34.8 Å². The van der Waals surface area contributed by atoms with Crippen LogP contribution in [0, 0.1) is 5.92 Å². The van der Waals surface area contributed by atoms with E-state index < -0.39 is 11.6 Å². The van der Waals surface area contributed by atoms with Crippen LogP contribution in [0.1, 0.15) is 32.8 Å². The molecular formula is C17H22ClN3O3. The summed E-state index contributed by atoms with van der Waals surface area (Å²) < 4.78 is 0. The maximum atomic E-state index is 12.5. The van der Waals surface area contributed by atoms with E-state index in [0.29, 0.717) is 18.0 Å². The van der Waals surface area contributed by atoms with Gasteiger partial charge in [0.1, 0.15) is 12.1 Å². The summed E-state index contributed by atoms with van der Waals surface area (Å²) in [6.07, 6.45) is 0.528. The van der Waals surface area contributed by atoms with Gasteiger partial charge in [-0.25, -0.2) is 4.79 Å². The van der Waals surface area contributed by atoms with Crippen molar-refractivity contribution >= 4 is 29.4 Å². The monoisotopic (exact) mass is 351 g/mol. The third kappa shape index (κ3) is 4.26. The van der Waals surface area contributed by atoms with E-state index >= 15 is 0 Å². The molecule has 24 heavy (non-hydrogen) atoms. The predicted octanol–water partition coefficient (Wildman–Crippen LogP) is 2.31. The van der Waals surface area contributed by atoms with E-state index in [1.807, 2.05) is 13.8 Å². The lowest BCUT2D eigenvalue weighted by atomic mass is 9.91. The van der Waals surface area contributed by atoms with Gasteiger partial charge in [0.05, 0.1) is 0 Å². The highest BCUT2D eigenvalue weighted by molar-refractivity contribution is 6.30. The highest BCUT2D eigenvalue weighted by atomic mass is 35.5. The number of urea groups is 1. The number of nitrogens with zero attached hydrogens (tertiary/aromatic N) is 1. The molecule has 0 aliphatic carbocycles. The fourth-order valence-corrected chi connectivity index (χ4v) is 2.97. The van der Waals surface area contributed by atoms with Crippen LogP contribution in [-0.2, 0) is 16.1 Å². The third-order valence-electron chi connectivity index (χ3n) is 3.87. The first-order chi connectivity index (χ1) is 11.2. The van der Waals surface area contributed by atoms with E-state index in [9.17, 15) is 14.4 Å². The van der Waals surface area contributed by atoms with Crippen LogP contribution in [0.25, 0.3) is 0 Å². The van der Waals surface area contributed by atoms with Crippen LogP contribution in [0.4, 0.5) is 4.79 Å². The molecule has 0 aromatic heterocycles. The number of nitrogens with one attached hydrogen (secondary N) is 2. The van der Waals surface area contributed by atoms with Crippen LogP contribution in [0.2, 0.25) is 5.02 Å². The molecule has 1 aliphatic rings. The standard InChI is InChI=1S/C17H22ClN3O3/c1-11(2)8-17(3)15(23)21(16(24)20-17)10-14(22)19-9-12-4-6-13(18)7-5-12/h4-7,11H,8-10H2,1-3H3,(H,19,22)(H,20,24)/t17-/m0/s1. The van der Waals surface area contributed by atoms with Gasteiger partial charge in [-0.15, -0.1) is 0 Å². The molecule has 1 heterocycles. The van der Waals surface area contributed by atoms with Crippen molar-refractivity contribution in [2.45, 2.75) is 39.3 Å². The lowest BCUT2D eigenvalue weighted by molar-refractivity contribution is -0.135. The maximum absolute atomic E-state index is 12.5. The quantitative estimate of drug-likeness (QED) is 0.772. The molecule has 130 valence electrons. The summed E-state index contributed by atoms with van der Waals surface area (Å²) in [5.74, 6) is -0.497. The van der Waals surface area contributed by atoms with Crippen molar-refractivity contribution < 1.29 is 14.4 Å². The van der Waals surface area contributed by atoms with Crippen LogP contribution in [0.3, 0.4) is 0 Å². The van der Waals surface area contributed by atoms with Gasteiger partial charge in [0, 0.05) is 11.6 Å². The van der Waals surface area contributed by atoms with Crippen molar-refractivity contribution in [2.75, 3.05) is 6.54 Å². The van der Waals surface area contributed by atoms with Gasteiger partial charge in [-0.1, -0.05) is 37.6 Å². The van der Waals surface area contributed by atoms with E-state index in [1.165, 1.54) is 0 Å². The Kier molecular flexibility index (Phi) is 5.49. The molecule has 2 N–H and O–H groups in total. The fourth-order valence-electron chi connectivity index (χ4n) is 2.85. The minimum absolute atomic E-state index is 0.248. The highest BCUT2D eigenvalue weighted by Crippen LogP contribution is 2.24. The molecule has 4 amide bonds. The first-order valence-electron chi connectivity index (χ1n) is 7.86. The number of carbonyl (C=O) groups is 3. The maximum Gasteiger partial charge on any atom is 0.325 e. The molecule has 1 saturated heterocycles. The largest absolute Gasteiger partial charge is 0.350 e. The Morgan fingerprint density at radius 1 is 1.29 bits per heavy atom. The van der Waals surface area contributed by atoms with E-state index in [2.05, 4.69) is 10.6 Å². The van der Waals surface area contributed by atoms with Crippen molar-refractivity contribution in [1.29, 1.82) is 0 Å². The van der Waals surface area contributed by atoms with E-state index in [1.54, 1.807) is 31.2 Å². The average molecular weight is 352 g/mol. The molecule has 1 aromatic rings. The number of carbonyl (C=O) groups excluding carboxylic acids is 3. The molecule has 0 radical (unpaired) electrons. The summed E-state index contributed by atoms with van der Waals surface area (Å²) in [5.41, 5.74) is -0.0589. The summed E-state index contributed by atoms with van der Waals surface area (Å²) in [7, 11) is 0. The van der Waals surface area contributed by atoms with Gasteiger partial charge in [-0.05, 0) is 37.0 Å². The Labute approximate surface area is 146 Å². The second-order valence-corrected chi connectivity index (χ2v) is 7.09. The van der Waals surface area contributed by atoms with Crippen LogP contribution >= 0.6 is 11.6 Å². The molecule has 0 unspecified atom stereocenters. The van der Waals surface area contributed by atoms with E-state index in [0.717, 1.165) is 10.5 Å². The van der Waals surface area contributed by atoms with Crippen LogP contribution in [0.5, 0.6) is 0 Å². The number of rotatable bonds is 6. The summed E-state index contributed by atoms with van der Waals surface area (Å²) in [4.78, 5) is 37.5. The molecule has 1 fully saturated rings. The average Bonchev–Trinajstić information content (AvgIpc) is 2.69. The van der Waals surface area contributed by atoms with E-state index in [-0.39, 0.29) is 24.3 Å². The number of amides is 4. The number of halogens is 1. The Morgan fingerprint density at radius 3 is 2.50 bits per heavy atom. The van der Waals surface area contributed by atoms with Crippen molar-refractivity contribution in [2.24, 2.45) is 5.92 Å². The van der Waals surface area contributed by atoms with Gasteiger partial charge in [0.2, 0.25) is 5.91 Å². The zero-order valence-corrected chi connectivity index (χ0v) is 14.8. The van der Waals surface area contributed by atoms with Crippen molar-refractivity contribution in [3.63, 3.8) is 0 Å². The normalized spacial score (nSPS) is 20.5. The topological polar surface area (TPSA) is 78.5 Å². The van der Waals surface area contributed by atoms with Crippen molar-refractivity contribution in [3.05, 3.63) is 34.9 Å². The summed E-state index contributed by atoms with van der Waals surface area (Å²) in [5, 5.41) is 6.01. The van der Waals surface area contributed by atoms with Gasteiger partial charge >= 0.3 is 6.03 Å². The Bertz CT molecular complexity index is 645. The molecular weight excluding hydrogens is 330 g/mol. The van der Waals surface area contributed by atoms with Gasteiger partial charge < -0.3 is 10.6 Å². The molecule has 6 nitrogen and oxygen atoms in total. The lowest BCUT2D eigenvalue weighted by Crippen LogP contribution is -2.46. The lowest BCUT2D eigenvalue weighted by Gasteiger charge is -2.23. The van der Waals surface area contributed by atoms with Gasteiger partial charge in [-0.3, -0.25) is 14.5 Å². The number of hydrogen-bond donors (Lipinski definition) is 2. The van der Waals surface area contributed by atoms with Crippen LogP contribution in [0.15, 0.2) is 24.3 Å². The second kappa shape index (κ2) is 7.21. The third-order valence-corrected chi connectivity index (χ3v) is 4.12. The predicted molar refractivity (Wildman–Crippen MR) is 91.4 cm³/mol. The Balaban J connectivity index is 1.92. The van der Waals surface area contributed by atoms with Crippen molar-refractivity contribution in [3.8, 4) is 0 Å². The van der Waals surface area contributed by atoms with Crippen molar-refractivity contribution in [1.82, 2.24) is 15.5 Å². The molecule has 0 saturated carbocycles. The summed E-state index contributed by atoms with van der Waals surface area (Å²) >= 11 is 5.81. The SMILES string of the molecule is CC(C)C[C@]1(C)NC(=O)N(CC(=O)NCc2ccc(Cl)cc2)C1=O.